The number of amides is 2. The van der Waals surface area contributed by atoms with Crippen molar-refractivity contribution < 1.29 is 32.2 Å². The zero-order chi connectivity index (χ0) is 36.4. The van der Waals surface area contributed by atoms with E-state index in [-0.39, 0.29) is 35.6 Å². The molecule has 0 spiro atoms. The molecule has 0 heterocycles. The van der Waals surface area contributed by atoms with E-state index >= 15 is 0 Å². The summed E-state index contributed by atoms with van der Waals surface area (Å²) in [6.07, 6.45) is 0.905. The molecule has 0 aliphatic rings. The number of carbonyl (C=O) groups is 2. The number of hydrogen-bond donors (Lipinski definition) is 1. The monoisotopic (exact) mass is 701 g/mol. The highest BCUT2D eigenvalue weighted by Crippen LogP contribution is 2.33. The Morgan fingerprint density at radius 1 is 0.780 bits per heavy atom. The minimum atomic E-state index is -4.36. The first kappa shape index (κ1) is 37.8. The number of rotatable bonds is 16. The smallest absolute Gasteiger partial charge is 0.264 e. The summed E-state index contributed by atoms with van der Waals surface area (Å²) in [7, 11) is 0.0896. The predicted octanol–water partition coefficient (Wildman–Crippen LogP) is 6.08. The van der Waals surface area contributed by atoms with Crippen LogP contribution in [0.1, 0.15) is 42.5 Å². The average Bonchev–Trinajstić information content (AvgIpc) is 3.11. The molecule has 0 unspecified atom stereocenters. The molecule has 4 aromatic rings. The van der Waals surface area contributed by atoms with Crippen molar-refractivity contribution in [3.05, 3.63) is 113 Å². The van der Waals surface area contributed by atoms with Crippen LogP contribution in [0.4, 0.5) is 5.69 Å². The Hall–Kier alpha value is -5.03. The SMILES string of the molecule is CC[C@@H](C)NC(=O)[C@H](Cc1ccccc1)N(Cc1cccc(OC)c1)C(=O)CN(c1cc(C)cc(C)c1)S(=O)(=O)c1ccc(OC)c(OC)c1. The van der Waals surface area contributed by atoms with E-state index in [0.717, 1.165) is 21.0 Å². The molecule has 0 radical (unpaired) electrons. The van der Waals surface area contributed by atoms with Crippen LogP contribution in [0, 0.1) is 13.8 Å². The topological polar surface area (TPSA) is 114 Å². The fourth-order valence-electron chi connectivity index (χ4n) is 5.69. The van der Waals surface area contributed by atoms with E-state index in [1.165, 1.54) is 37.3 Å². The minimum Gasteiger partial charge on any atom is -0.497 e. The molecule has 0 bridgehead atoms. The first-order chi connectivity index (χ1) is 23.9. The van der Waals surface area contributed by atoms with Gasteiger partial charge in [0.05, 0.1) is 31.9 Å². The number of carbonyl (C=O) groups excluding carboxylic acids is 2. The highest BCUT2D eigenvalue weighted by atomic mass is 32.2. The normalized spacial score (nSPS) is 12.4. The van der Waals surface area contributed by atoms with Crippen molar-refractivity contribution in [1.82, 2.24) is 10.2 Å². The molecule has 0 aromatic heterocycles. The van der Waals surface area contributed by atoms with Gasteiger partial charge in [0.1, 0.15) is 18.3 Å². The quantitative estimate of drug-likeness (QED) is 0.151. The average molecular weight is 702 g/mol. The lowest BCUT2D eigenvalue weighted by Crippen LogP contribution is -2.54. The molecule has 0 fully saturated rings. The molecule has 0 saturated carbocycles. The number of sulfonamides is 1. The molecule has 50 heavy (non-hydrogen) atoms. The van der Waals surface area contributed by atoms with Crippen LogP contribution in [0.15, 0.2) is 95.9 Å². The van der Waals surface area contributed by atoms with Crippen LogP contribution in [0.5, 0.6) is 17.2 Å². The number of methoxy groups -OCH3 is 3. The lowest BCUT2D eigenvalue weighted by atomic mass is 10.0. The molecule has 0 saturated heterocycles. The van der Waals surface area contributed by atoms with Gasteiger partial charge in [0.25, 0.3) is 10.0 Å². The fourth-order valence-corrected chi connectivity index (χ4v) is 7.10. The molecule has 266 valence electrons. The van der Waals surface area contributed by atoms with Gasteiger partial charge >= 0.3 is 0 Å². The Bertz CT molecular complexity index is 1860. The molecule has 2 atom stereocenters. The van der Waals surface area contributed by atoms with Gasteiger partial charge in [-0.3, -0.25) is 13.9 Å². The van der Waals surface area contributed by atoms with Gasteiger partial charge in [0.15, 0.2) is 11.5 Å². The Kier molecular flexibility index (Phi) is 12.9. The van der Waals surface area contributed by atoms with Crippen LogP contribution in [0.25, 0.3) is 0 Å². The molecular weight excluding hydrogens is 655 g/mol. The Labute approximate surface area is 296 Å². The lowest BCUT2D eigenvalue weighted by Gasteiger charge is -2.34. The van der Waals surface area contributed by atoms with Crippen molar-refractivity contribution in [2.75, 3.05) is 32.2 Å². The molecule has 10 nitrogen and oxygen atoms in total. The summed E-state index contributed by atoms with van der Waals surface area (Å²) >= 11 is 0. The van der Waals surface area contributed by atoms with Crippen molar-refractivity contribution >= 4 is 27.5 Å². The van der Waals surface area contributed by atoms with Crippen LogP contribution < -0.4 is 23.8 Å². The molecule has 2 amide bonds. The minimum absolute atomic E-state index is 0.0263. The second-order valence-corrected chi connectivity index (χ2v) is 14.1. The number of anilines is 1. The van der Waals surface area contributed by atoms with Gasteiger partial charge < -0.3 is 24.4 Å². The predicted molar refractivity (Wildman–Crippen MR) is 195 cm³/mol. The van der Waals surface area contributed by atoms with Gasteiger partial charge in [0.2, 0.25) is 11.8 Å². The molecule has 4 aromatic carbocycles. The first-order valence-corrected chi connectivity index (χ1v) is 17.9. The van der Waals surface area contributed by atoms with Crippen LogP contribution in [0.3, 0.4) is 0 Å². The maximum atomic E-state index is 14.8. The molecule has 1 N–H and O–H groups in total. The third-order valence-corrected chi connectivity index (χ3v) is 10.2. The highest BCUT2D eigenvalue weighted by Gasteiger charge is 2.35. The summed E-state index contributed by atoms with van der Waals surface area (Å²) in [5.74, 6) is 0.286. The molecular formula is C39H47N3O7S. The summed E-state index contributed by atoms with van der Waals surface area (Å²) in [6.45, 7) is 7.05. The Balaban J connectivity index is 1.87. The van der Waals surface area contributed by atoms with Gasteiger partial charge in [-0.05, 0) is 85.8 Å². The van der Waals surface area contributed by atoms with Crippen molar-refractivity contribution in [2.45, 2.75) is 64.1 Å². The van der Waals surface area contributed by atoms with E-state index < -0.39 is 28.5 Å². The number of nitrogens with zero attached hydrogens (tertiary/aromatic N) is 2. The summed E-state index contributed by atoms with van der Waals surface area (Å²) in [5.41, 5.74) is 3.53. The van der Waals surface area contributed by atoms with E-state index in [9.17, 15) is 18.0 Å². The third-order valence-electron chi connectivity index (χ3n) is 8.48. The van der Waals surface area contributed by atoms with Crippen LogP contribution in [-0.2, 0) is 32.6 Å². The summed E-state index contributed by atoms with van der Waals surface area (Å²) in [4.78, 5) is 30.3. The van der Waals surface area contributed by atoms with Crippen LogP contribution in [-0.4, -0.2) is 65.1 Å². The summed E-state index contributed by atoms with van der Waals surface area (Å²) in [5, 5.41) is 3.06. The number of benzene rings is 4. The number of ether oxygens (including phenoxy) is 3. The highest BCUT2D eigenvalue weighted by molar-refractivity contribution is 7.92. The van der Waals surface area contributed by atoms with E-state index in [1.807, 2.05) is 76.2 Å². The number of aryl methyl sites for hydroxylation is 2. The fraction of sp³-hybridized carbons (Fsp3) is 0.333. The van der Waals surface area contributed by atoms with Gasteiger partial charge in [-0.2, -0.15) is 0 Å². The standard InChI is InChI=1S/C39H47N3O7S/c1-8-29(4)40-39(44)35(23-30-13-10-9-11-14-30)41(25-31-15-12-16-33(22-31)47-5)38(43)26-42(32-20-27(2)19-28(3)21-32)50(45,46)34-17-18-36(48-6)37(24-34)49-7/h9-22,24,29,35H,8,23,25-26H2,1-7H3,(H,40,44)/t29-,35+/m1/s1. The van der Waals surface area contributed by atoms with Crippen LogP contribution >= 0.6 is 0 Å². The lowest BCUT2D eigenvalue weighted by molar-refractivity contribution is -0.140. The van der Waals surface area contributed by atoms with Crippen LogP contribution in [0.2, 0.25) is 0 Å². The molecule has 4 rings (SSSR count). The van der Waals surface area contributed by atoms with Crippen molar-refractivity contribution in [1.29, 1.82) is 0 Å². The maximum absolute atomic E-state index is 14.8. The van der Waals surface area contributed by atoms with Crippen molar-refractivity contribution in [2.24, 2.45) is 0 Å². The van der Waals surface area contributed by atoms with Crippen molar-refractivity contribution in [3.63, 3.8) is 0 Å². The zero-order valence-corrected chi connectivity index (χ0v) is 30.6. The summed E-state index contributed by atoms with van der Waals surface area (Å²) < 4.78 is 46.4. The van der Waals surface area contributed by atoms with Gasteiger partial charge in [-0.25, -0.2) is 8.42 Å². The van der Waals surface area contributed by atoms with E-state index in [2.05, 4.69) is 5.32 Å². The third kappa shape index (κ3) is 9.35. The number of hydrogen-bond acceptors (Lipinski definition) is 7. The summed E-state index contributed by atoms with van der Waals surface area (Å²) in [6, 6.07) is 25.3. The van der Waals surface area contributed by atoms with Gasteiger partial charge in [-0.1, -0.05) is 55.5 Å². The zero-order valence-electron chi connectivity index (χ0n) is 29.8. The van der Waals surface area contributed by atoms with E-state index in [4.69, 9.17) is 14.2 Å². The Morgan fingerprint density at radius 3 is 2.06 bits per heavy atom. The number of nitrogens with one attached hydrogen (secondary N) is 1. The molecule has 0 aliphatic carbocycles. The Morgan fingerprint density at radius 2 is 1.44 bits per heavy atom. The van der Waals surface area contributed by atoms with E-state index in [0.29, 0.717) is 29.2 Å². The molecule has 11 heteroatoms. The second-order valence-electron chi connectivity index (χ2n) is 12.3. The largest absolute Gasteiger partial charge is 0.497 e. The van der Waals surface area contributed by atoms with Gasteiger partial charge in [-0.15, -0.1) is 0 Å². The van der Waals surface area contributed by atoms with E-state index in [1.54, 1.807) is 31.4 Å². The van der Waals surface area contributed by atoms with Crippen molar-refractivity contribution in [3.8, 4) is 17.2 Å². The second kappa shape index (κ2) is 17.1. The molecule has 0 aliphatic heterocycles. The first-order valence-electron chi connectivity index (χ1n) is 16.5. The van der Waals surface area contributed by atoms with Gasteiger partial charge in [0, 0.05) is 25.1 Å². The maximum Gasteiger partial charge on any atom is 0.264 e.